The minimum absolute atomic E-state index is 0.282. The van der Waals surface area contributed by atoms with E-state index in [4.69, 9.17) is 0 Å². The van der Waals surface area contributed by atoms with Gasteiger partial charge in [-0.25, -0.2) is 0 Å². The van der Waals surface area contributed by atoms with Gasteiger partial charge < -0.3 is 9.80 Å². The molecule has 0 spiro atoms. The molecule has 0 bridgehead atoms. The summed E-state index contributed by atoms with van der Waals surface area (Å²) in [5.74, 6) is 0.566. The molecule has 0 aliphatic carbocycles. The number of hydrogen-bond donors (Lipinski definition) is 0. The molecule has 1 unspecified atom stereocenters. The maximum absolute atomic E-state index is 12.6. The molecule has 3 fully saturated rings. The van der Waals surface area contributed by atoms with Crippen LogP contribution < -0.4 is 0 Å². The second-order valence-electron chi connectivity index (χ2n) is 7.93. The first-order chi connectivity index (χ1) is 12.1. The number of carbonyl (C=O) groups excluding carboxylic acids is 2. The molecule has 0 saturated carbocycles. The Morgan fingerprint density at radius 2 is 1.28 bits per heavy atom. The van der Waals surface area contributed by atoms with Gasteiger partial charge in [0.25, 0.3) is 0 Å². The normalized spacial score (nSPS) is 26.7. The fourth-order valence-corrected chi connectivity index (χ4v) is 4.29. The van der Waals surface area contributed by atoms with Crippen LogP contribution in [0.1, 0.15) is 45.4 Å². The van der Waals surface area contributed by atoms with Crippen LogP contribution in [-0.2, 0) is 9.59 Å². The van der Waals surface area contributed by atoms with Crippen molar-refractivity contribution in [1.82, 2.24) is 19.6 Å². The highest BCUT2D eigenvalue weighted by molar-refractivity contribution is 5.79. The monoisotopic (exact) mass is 350 g/mol. The predicted molar refractivity (Wildman–Crippen MR) is 98.3 cm³/mol. The average molecular weight is 351 g/mol. The van der Waals surface area contributed by atoms with E-state index in [1.807, 2.05) is 4.90 Å². The van der Waals surface area contributed by atoms with Crippen molar-refractivity contribution in [2.24, 2.45) is 0 Å². The first-order valence-electron chi connectivity index (χ1n) is 10.2. The van der Waals surface area contributed by atoms with Crippen LogP contribution in [0.5, 0.6) is 0 Å². The second-order valence-corrected chi connectivity index (χ2v) is 7.93. The van der Waals surface area contributed by atoms with E-state index in [9.17, 15) is 9.59 Å². The summed E-state index contributed by atoms with van der Waals surface area (Å²) >= 11 is 0. The number of amides is 2. The topological polar surface area (TPSA) is 47.1 Å². The molecule has 0 aromatic rings. The highest BCUT2D eigenvalue weighted by Gasteiger charge is 2.27. The van der Waals surface area contributed by atoms with Crippen LogP contribution in [-0.4, -0.2) is 96.4 Å². The molecule has 6 heteroatoms. The van der Waals surface area contributed by atoms with Crippen LogP contribution in [0.25, 0.3) is 0 Å². The van der Waals surface area contributed by atoms with E-state index >= 15 is 0 Å². The van der Waals surface area contributed by atoms with Crippen LogP contribution in [0.3, 0.4) is 0 Å². The van der Waals surface area contributed by atoms with Crippen LogP contribution >= 0.6 is 0 Å². The van der Waals surface area contributed by atoms with Crippen LogP contribution in [0, 0.1) is 0 Å². The summed E-state index contributed by atoms with van der Waals surface area (Å²) in [7, 11) is 0. The molecule has 3 aliphatic heterocycles. The molecule has 0 aromatic heterocycles. The molecule has 3 saturated heterocycles. The predicted octanol–water partition coefficient (Wildman–Crippen LogP) is 1.02. The lowest BCUT2D eigenvalue weighted by atomic mass is 10.0. The van der Waals surface area contributed by atoms with Gasteiger partial charge in [-0.2, -0.15) is 0 Å². The van der Waals surface area contributed by atoms with Crippen molar-refractivity contribution in [3.05, 3.63) is 0 Å². The number of piperazine rings is 1. The van der Waals surface area contributed by atoms with E-state index in [0.717, 1.165) is 71.5 Å². The average Bonchev–Trinajstić information content (AvgIpc) is 2.64. The third kappa shape index (κ3) is 5.17. The molecule has 0 N–H and O–H groups in total. The summed E-state index contributed by atoms with van der Waals surface area (Å²) in [6.07, 6.45) is 7.08. The van der Waals surface area contributed by atoms with Gasteiger partial charge in [0, 0.05) is 51.9 Å². The Hall–Kier alpha value is -1.14. The summed E-state index contributed by atoms with van der Waals surface area (Å²) in [4.78, 5) is 33.5. The summed E-state index contributed by atoms with van der Waals surface area (Å²) < 4.78 is 0. The second kappa shape index (κ2) is 8.99. The molecule has 3 rings (SSSR count). The molecular formula is C19H34N4O2. The summed E-state index contributed by atoms with van der Waals surface area (Å²) in [5.41, 5.74) is 0. The fraction of sp³-hybridized carbons (Fsp3) is 0.895. The Bertz CT molecular complexity index is 456. The summed E-state index contributed by atoms with van der Waals surface area (Å²) in [6, 6.07) is 0.393. The van der Waals surface area contributed by atoms with Crippen LogP contribution in [0.2, 0.25) is 0 Å². The molecule has 1 atom stereocenters. The van der Waals surface area contributed by atoms with Gasteiger partial charge in [-0.3, -0.25) is 19.4 Å². The van der Waals surface area contributed by atoms with Crippen molar-refractivity contribution in [2.45, 2.75) is 51.5 Å². The van der Waals surface area contributed by atoms with Gasteiger partial charge in [0.05, 0.1) is 13.1 Å². The van der Waals surface area contributed by atoms with Gasteiger partial charge in [-0.05, 0) is 45.4 Å². The van der Waals surface area contributed by atoms with Crippen molar-refractivity contribution in [2.75, 3.05) is 58.9 Å². The molecular weight excluding hydrogens is 316 g/mol. The van der Waals surface area contributed by atoms with Gasteiger partial charge in [0.15, 0.2) is 0 Å². The largest absolute Gasteiger partial charge is 0.342 e. The molecule has 0 aromatic carbocycles. The van der Waals surface area contributed by atoms with E-state index in [2.05, 4.69) is 21.6 Å². The molecule has 3 heterocycles. The van der Waals surface area contributed by atoms with E-state index in [0.29, 0.717) is 19.1 Å². The SMILES string of the molecule is CC1CCCCN1C(=O)CN1CCN(CC(=O)N2CCCCC2)CC1. The van der Waals surface area contributed by atoms with Gasteiger partial charge >= 0.3 is 0 Å². The van der Waals surface area contributed by atoms with Crippen molar-refractivity contribution >= 4 is 11.8 Å². The Morgan fingerprint density at radius 1 is 0.720 bits per heavy atom. The van der Waals surface area contributed by atoms with Crippen molar-refractivity contribution in [3.63, 3.8) is 0 Å². The first kappa shape index (κ1) is 18.6. The number of rotatable bonds is 4. The molecule has 142 valence electrons. The Morgan fingerprint density at radius 3 is 1.88 bits per heavy atom. The summed E-state index contributed by atoms with van der Waals surface area (Å²) in [6.45, 7) is 9.60. The van der Waals surface area contributed by atoms with Gasteiger partial charge in [-0.1, -0.05) is 0 Å². The molecule has 2 amide bonds. The lowest BCUT2D eigenvalue weighted by molar-refractivity contribution is -0.137. The maximum Gasteiger partial charge on any atom is 0.236 e. The number of likely N-dealkylation sites (tertiary alicyclic amines) is 2. The zero-order valence-corrected chi connectivity index (χ0v) is 15.8. The molecule has 0 radical (unpaired) electrons. The summed E-state index contributed by atoms with van der Waals surface area (Å²) in [5, 5.41) is 0. The Kier molecular flexibility index (Phi) is 6.70. The quantitative estimate of drug-likeness (QED) is 0.759. The van der Waals surface area contributed by atoms with E-state index in [1.54, 1.807) is 0 Å². The van der Waals surface area contributed by atoms with E-state index in [1.165, 1.54) is 12.8 Å². The Balaban J connectivity index is 1.38. The molecule has 3 aliphatic rings. The number of hydrogen-bond acceptors (Lipinski definition) is 4. The van der Waals surface area contributed by atoms with Crippen molar-refractivity contribution in [1.29, 1.82) is 0 Å². The molecule has 25 heavy (non-hydrogen) atoms. The van der Waals surface area contributed by atoms with Gasteiger partial charge in [0.2, 0.25) is 11.8 Å². The van der Waals surface area contributed by atoms with E-state index in [-0.39, 0.29) is 11.8 Å². The van der Waals surface area contributed by atoms with Crippen molar-refractivity contribution in [3.8, 4) is 0 Å². The fourth-order valence-electron chi connectivity index (χ4n) is 4.29. The smallest absolute Gasteiger partial charge is 0.236 e. The number of carbonyl (C=O) groups is 2. The highest BCUT2D eigenvalue weighted by atomic mass is 16.2. The van der Waals surface area contributed by atoms with Crippen LogP contribution in [0.15, 0.2) is 0 Å². The standard InChI is InChI=1S/C19H34N4O2/c1-17-7-3-6-10-23(17)19(25)16-21-13-11-20(12-14-21)15-18(24)22-8-4-2-5-9-22/h17H,2-16H2,1H3. The zero-order valence-electron chi connectivity index (χ0n) is 15.8. The highest BCUT2D eigenvalue weighted by Crippen LogP contribution is 2.17. The number of piperidine rings is 2. The third-order valence-electron chi connectivity index (χ3n) is 6.01. The first-order valence-corrected chi connectivity index (χ1v) is 10.2. The maximum atomic E-state index is 12.6. The molecule has 6 nitrogen and oxygen atoms in total. The van der Waals surface area contributed by atoms with E-state index < -0.39 is 0 Å². The minimum atomic E-state index is 0.282. The van der Waals surface area contributed by atoms with Gasteiger partial charge in [0.1, 0.15) is 0 Å². The van der Waals surface area contributed by atoms with Crippen molar-refractivity contribution < 1.29 is 9.59 Å². The van der Waals surface area contributed by atoms with Crippen LogP contribution in [0.4, 0.5) is 0 Å². The Labute approximate surface area is 152 Å². The minimum Gasteiger partial charge on any atom is -0.342 e. The lowest BCUT2D eigenvalue weighted by Crippen LogP contribution is -2.53. The number of nitrogens with zero attached hydrogens (tertiary/aromatic N) is 4. The third-order valence-corrected chi connectivity index (χ3v) is 6.01. The zero-order chi connectivity index (χ0) is 17.6. The lowest BCUT2D eigenvalue weighted by Gasteiger charge is -2.38. The van der Waals surface area contributed by atoms with Gasteiger partial charge in [-0.15, -0.1) is 0 Å².